The lowest BCUT2D eigenvalue weighted by atomic mass is 10.0. The van der Waals surface area contributed by atoms with Gasteiger partial charge in [-0.05, 0) is 51.1 Å². The van der Waals surface area contributed by atoms with Crippen LogP contribution < -0.4 is 9.47 Å². The molecule has 0 saturated heterocycles. The average molecular weight is 371 g/mol. The number of hydrogen-bond donors (Lipinski definition) is 0. The first kappa shape index (κ1) is 15.6. The van der Waals surface area contributed by atoms with Crippen LogP contribution in [0, 0.1) is 0 Å². The van der Waals surface area contributed by atoms with Crippen molar-refractivity contribution in [2.45, 2.75) is 6.61 Å². The van der Waals surface area contributed by atoms with Crippen molar-refractivity contribution >= 4 is 33.0 Å². The normalized spacial score (nSPS) is 10.5. The van der Waals surface area contributed by atoms with Crippen LogP contribution in [-0.4, -0.2) is 13.4 Å². The predicted octanol–water partition coefficient (Wildman–Crippen LogP) is 5.00. The Bertz CT molecular complexity index is 844. The highest BCUT2D eigenvalue weighted by atomic mass is 79.9. The lowest BCUT2D eigenvalue weighted by Crippen LogP contribution is -1.99. The van der Waals surface area contributed by atoms with Gasteiger partial charge in [0.05, 0.1) is 17.1 Å². The van der Waals surface area contributed by atoms with Crippen molar-refractivity contribution in [3.05, 3.63) is 70.2 Å². The highest BCUT2D eigenvalue weighted by molar-refractivity contribution is 9.10. The fraction of sp³-hybridized carbons (Fsp3) is 0.105. The first-order valence-electron chi connectivity index (χ1n) is 7.15. The SMILES string of the molecule is COc1ccc2c(C=O)c(OCc3ccccc3)ccc2c1Br. The van der Waals surface area contributed by atoms with Gasteiger partial charge in [-0.25, -0.2) is 0 Å². The molecular formula is C19H15BrO3. The fourth-order valence-corrected chi connectivity index (χ4v) is 3.13. The quantitative estimate of drug-likeness (QED) is 0.592. The molecule has 0 amide bonds. The number of carbonyl (C=O) groups is 1. The Hall–Kier alpha value is -2.33. The van der Waals surface area contributed by atoms with Gasteiger partial charge < -0.3 is 9.47 Å². The number of benzene rings is 3. The summed E-state index contributed by atoms with van der Waals surface area (Å²) in [5, 5.41) is 1.75. The molecule has 3 rings (SSSR count). The first-order chi connectivity index (χ1) is 11.2. The standard InChI is InChI=1S/C19H15BrO3/c1-22-18-10-7-14-15(19(18)20)8-9-17(16(14)11-21)23-12-13-5-3-2-4-6-13/h2-11H,12H2,1H3. The Morgan fingerprint density at radius 1 is 0.957 bits per heavy atom. The molecule has 0 saturated carbocycles. The van der Waals surface area contributed by atoms with E-state index in [9.17, 15) is 4.79 Å². The summed E-state index contributed by atoms with van der Waals surface area (Å²) in [6, 6.07) is 17.3. The van der Waals surface area contributed by atoms with E-state index in [0.717, 1.165) is 32.8 Å². The van der Waals surface area contributed by atoms with E-state index in [1.807, 2.05) is 54.6 Å². The number of aldehydes is 1. The van der Waals surface area contributed by atoms with Gasteiger partial charge in [-0.15, -0.1) is 0 Å². The Labute approximate surface area is 143 Å². The highest BCUT2D eigenvalue weighted by Crippen LogP contribution is 2.37. The molecule has 0 radical (unpaired) electrons. The van der Waals surface area contributed by atoms with E-state index < -0.39 is 0 Å². The molecular weight excluding hydrogens is 356 g/mol. The molecule has 3 aromatic carbocycles. The minimum absolute atomic E-state index is 0.421. The minimum Gasteiger partial charge on any atom is -0.496 e. The van der Waals surface area contributed by atoms with E-state index in [1.165, 1.54) is 0 Å². The van der Waals surface area contributed by atoms with Crippen molar-refractivity contribution in [2.24, 2.45) is 0 Å². The number of fused-ring (bicyclic) bond motifs is 1. The van der Waals surface area contributed by atoms with Gasteiger partial charge >= 0.3 is 0 Å². The number of hydrogen-bond acceptors (Lipinski definition) is 3. The second-order valence-electron chi connectivity index (χ2n) is 5.05. The zero-order chi connectivity index (χ0) is 16.2. The van der Waals surface area contributed by atoms with E-state index in [2.05, 4.69) is 15.9 Å². The van der Waals surface area contributed by atoms with Crippen molar-refractivity contribution in [2.75, 3.05) is 7.11 Å². The summed E-state index contributed by atoms with van der Waals surface area (Å²) in [6.45, 7) is 0.421. The molecule has 0 N–H and O–H groups in total. The molecule has 0 atom stereocenters. The van der Waals surface area contributed by atoms with Gasteiger partial charge in [0.1, 0.15) is 18.1 Å². The van der Waals surface area contributed by atoms with Gasteiger partial charge in [-0.1, -0.05) is 30.3 Å². The zero-order valence-electron chi connectivity index (χ0n) is 12.6. The van der Waals surface area contributed by atoms with Gasteiger partial charge in [-0.2, -0.15) is 0 Å². The third kappa shape index (κ3) is 3.08. The minimum atomic E-state index is 0.421. The number of methoxy groups -OCH3 is 1. The van der Waals surface area contributed by atoms with Crippen LogP contribution in [0.3, 0.4) is 0 Å². The Balaban J connectivity index is 2.00. The number of ether oxygens (including phenoxy) is 2. The van der Waals surface area contributed by atoms with Crippen LogP contribution in [0.25, 0.3) is 10.8 Å². The summed E-state index contributed by atoms with van der Waals surface area (Å²) >= 11 is 3.52. The summed E-state index contributed by atoms with van der Waals surface area (Å²) in [5.74, 6) is 1.31. The van der Waals surface area contributed by atoms with Crippen LogP contribution >= 0.6 is 15.9 Å². The molecule has 3 aromatic rings. The predicted molar refractivity (Wildman–Crippen MR) is 94.4 cm³/mol. The second-order valence-corrected chi connectivity index (χ2v) is 5.84. The van der Waals surface area contributed by atoms with Crippen molar-refractivity contribution in [3.8, 4) is 11.5 Å². The molecule has 0 spiro atoms. The maximum atomic E-state index is 11.6. The fourth-order valence-electron chi connectivity index (χ4n) is 2.49. The van der Waals surface area contributed by atoms with E-state index in [0.29, 0.717) is 17.9 Å². The third-order valence-corrected chi connectivity index (χ3v) is 4.49. The smallest absolute Gasteiger partial charge is 0.154 e. The van der Waals surface area contributed by atoms with E-state index in [4.69, 9.17) is 9.47 Å². The molecule has 0 aliphatic rings. The third-order valence-electron chi connectivity index (χ3n) is 3.68. The maximum Gasteiger partial charge on any atom is 0.154 e. The molecule has 0 aromatic heterocycles. The topological polar surface area (TPSA) is 35.5 Å². The Morgan fingerprint density at radius 3 is 2.35 bits per heavy atom. The van der Waals surface area contributed by atoms with Gasteiger partial charge in [-0.3, -0.25) is 4.79 Å². The second kappa shape index (κ2) is 6.84. The highest BCUT2D eigenvalue weighted by Gasteiger charge is 2.13. The summed E-state index contributed by atoms with van der Waals surface area (Å²) in [5.41, 5.74) is 1.60. The largest absolute Gasteiger partial charge is 0.496 e. The monoisotopic (exact) mass is 370 g/mol. The molecule has 23 heavy (non-hydrogen) atoms. The molecule has 0 aliphatic heterocycles. The summed E-state index contributed by atoms with van der Waals surface area (Å²) < 4.78 is 12.0. The zero-order valence-corrected chi connectivity index (χ0v) is 14.2. The molecule has 0 bridgehead atoms. The van der Waals surface area contributed by atoms with Crippen molar-refractivity contribution in [3.63, 3.8) is 0 Å². The van der Waals surface area contributed by atoms with Gasteiger partial charge in [0.15, 0.2) is 6.29 Å². The van der Waals surface area contributed by atoms with Crippen LogP contribution in [0.4, 0.5) is 0 Å². The number of carbonyl (C=O) groups excluding carboxylic acids is 1. The van der Waals surface area contributed by atoms with Crippen LogP contribution in [0.5, 0.6) is 11.5 Å². The Kier molecular flexibility index (Phi) is 4.63. The van der Waals surface area contributed by atoms with Crippen molar-refractivity contribution in [1.29, 1.82) is 0 Å². The molecule has 0 aliphatic carbocycles. The molecule has 3 nitrogen and oxygen atoms in total. The van der Waals surface area contributed by atoms with E-state index >= 15 is 0 Å². The van der Waals surface area contributed by atoms with Gasteiger partial charge in [0.2, 0.25) is 0 Å². The molecule has 0 fully saturated rings. The van der Waals surface area contributed by atoms with Crippen LogP contribution in [0.2, 0.25) is 0 Å². The van der Waals surface area contributed by atoms with Crippen LogP contribution in [0.15, 0.2) is 59.1 Å². The lowest BCUT2D eigenvalue weighted by Gasteiger charge is -2.13. The number of rotatable bonds is 5. The average Bonchev–Trinajstić information content (AvgIpc) is 2.60. The molecule has 0 unspecified atom stereocenters. The van der Waals surface area contributed by atoms with Gasteiger partial charge in [0.25, 0.3) is 0 Å². The number of halogens is 1. The van der Waals surface area contributed by atoms with E-state index in [-0.39, 0.29) is 0 Å². The molecule has 0 heterocycles. The first-order valence-corrected chi connectivity index (χ1v) is 7.95. The lowest BCUT2D eigenvalue weighted by molar-refractivity contribution is 0.112. The van der Waals surface area contributed by atoms with Gasteiger partial charge in [0, 0.05) is 5.39 Å². The van der Waals surface area contributed by atoms with Crippen LogP contribution in [-0.2, 0) is 6.61 Å². The van der Waals surface area contributed by atoms with Crippen LogP contribution in [0.1, 0.15) is 15.9 Å². The molecule has 4 heteroatoms. The Morgan fingerprint density at radius 2 is 1.65 bits per heavy atom. The summed E-state index contributed by atoms with van der Waals surface area (Å²) in [7, 11) is 1.61. The van der Waals surface area contributed by atoms with Crippen molar-refractivity contribution < 1.29 is 14.3 Å². The van der Waals surface area contributed by atoms with Crippen molar-refractivity contribution in [1.82, 2.24) is 0 Å². The maximum absolute atomic E-state index is 11.6. The molecule has 116 valence electrons. The summed E-state index contributed by atoms with van der Waals surface area (Å²) in [4.78, 5) is 11.6. The summed E-state index contributed by atoms with van der Waals surface area (Å²) in [6.07, 6.45) is 0.835. The van der Waals surface area contributed by atoms with E-state index in [1.54, 1.807) is 7.11 Å².